The number of likely N-dealkylation sites (N-methyl/N-ethyl adjacent to an activating group) is 1. The number of nitrogens with zero attached hydrogens (tertiary/aromatic N) is 4. The number of rotatable bonds is 4. The van der Waals surface area contributed by atoms with Crippen LogP contribution in [0.25, 0.3) is 11.3 Å². The Morgan fingerprint density at radius 3 is 2.20 bits per heavy atom. The third-order valence-corrected chi connectivity index (χ3v) is 5.56. The minimum absolute atomic E-state index is 0.558. The maximum Gasteiger partial charge on any atom is 0.328 e. The number of anilines is 1. The van der Waals surface area contributed by atoms with Crippen LogP contribution in [0.3, 0.4) is 0 Å². The second-order valence-corrected chi connectivity index (χ2v) is 7.44. The Kier molecular flexibility index (Phi) is 7.13. The molecular formula is C22H26N4O4. The standard InChI is InChI=1S/C18H22N4.C4H4O4/c1-21-15-7-8-16(21)13-22(12-11-15)18-10-9-17(19-20-18)14-5-3-2-4-6-14;5-3(6)1-2-4(7)8/h2-6,9-10,15-16H,7-8,11-13H2,1H3;1-2H,(H,5,6)(H,7,8)/b;2-1+. The minimum Gasteiger partial charge on any atom is -0.478 e. The number of hydrogen-bond acceptors (Lipinski definition) is 6. The van der Waals surface area contributed by atoms with Gasteiger partial charge in [-0.1, -0.05) is 30.3 Å². The Bertz CT molecular complexity index is 870. The summed E-state index contributed by atoms with van der Waals surface area (Å²) in [5, 5.41) is 24.5. The summed E-state index contributed by atoms with van der Waals surface area (Å²) in [6, 6.07) is 15.9. The zero-order chi connectivity index (χ0) is 21.5. The fourth-order valence-electron chi connectivity index (χ4n) is 3.92. The molecule has 2 saturated heterocycles. The second-order valence-electron chi connectivity index (χ2n) is 7.44. The van der Waals surface area contributed by atoms with E-state index in [1.807, 2.05) is 18.2 Å². The number of benzene rings is 1. The van der Waals surface area contributed by atoms with Gasteiger partial charge >= 0.3 is 11.9 Å². The van der Waals surface area contributed by atoms with Gasteiger partial charge in [-0.3, -0.25) is 4.90 Å². The molecule has 0 aliphatic carbocycles. The van der Waals surface area contributed by atoms with Gasteiger partial charge in [0.2, 0.25) is 0 Å². The smallest absolute Gasteiger partial charge is 0.328 e. The van der Waals surface area contributed by atoms with Crippen LogP contribution in [0.15, 0.2) is 54.6 Å². The van der Waals surface area contributed by atoms with Crippen molar-refractivity contribution in [3.8, 4) is 11.3 Å². The number of hydrogen-bond donors (Lipinski definition) is 2. The van der Waals surface area contributed by atoms with Crippen LogP contribution in [-0.4, -0.2) is 69.5 Å². The van der Waals surface area contributed by atoms with Gasteiger partial charge in [0, 0.05) is 42.9 Å². The zero-order valence-corrected chi connectivity index (χ0v) is 16.9. The molecule has 2 unspecified atom stereocenters. The Morgan fingerprint density at radius 2 is 1.60 bits per heavy atom. The van der Waals surface area contributed by atoms with E-state index in [0.717, 1.165) is 36.2 Å². The molecule has 0 spiro atoms. The first-order chi connectivity index (χ1) is 14.4. The average Bonchev–Trinajstić information content (AvgIpc) is 2.99. The van der Waals surface area contributed by atoms with Crippen molar-refractivity contribution < 1.29 is 19.8 Å². The Hall–Kier alpha value is -3.26. The second kappa shape index (κ2) is 9.98. The molecule has 1 aromatic carbocycles. The lowest BCUT2D eigenvalue weighted by Crippen LogP contribution is -2.37. The van der Waals surface area contributed by atoms with E-state index in [1.165, 1.54) is 19.3 Å². The number of fused-ring (bicyclic) bond motifs is 2. The fourth-order valence-corrected chi connectivity index (χ4v) is 3.92. The van der Waals surface area contributed by atoms with Crippen LogP contribution >= 0.6 is 0 Å². The maximum atomic E-state index is 9.55. The molecule has 2 bridgehead atoms. The minimum atomic E-state index is -1.26. The predicted molar refractivity (Wildman–Crippen MR) is 113 cm³/mol. The van der Waals surface area contributed by atoms with E-state index in [-0.39, 0.29) is 0 Å². The Balaban J connectivity index is 0.000000275. The van der Waals surface area contributed by atoms with Crippen molar-refractivity contribution >= 4 is 17.8 Å². The van der Waals surface area contributed by atoms with Crippen molar-refractivity contribution in [3.05, 3.63) is 54.6 Å². The molecule has 0 saturated carbocycles. The van der Waals surface area contributed by atoms with Gasteiger partial charge in [0.05, 0.1) is 5.69 Å². The molecule has 2 aliphatic rings. The number of carboxylic acid groups (broad SMARTS) is 2. The van der Waals surface area contributed by atoms with E-state index < -0.39 is 11.9 Å². The summed E-state index contributed by atoms with van der Waals surface area (Å²) in [7, 11) is 2.27. The van der Waals surface area contributed by atoms with Crippen LogP contribution in [0, 0.1) is 0 Å². The summed E-state index contributed by atoms with van der Waals surface area (Å²) in [6.07, 6.45) is 5.01. The highest BCUT2D eigenvalue weighted by atomic mass is 16.4. The summed E-state index contributed by atoms with van der Waals surface area (Å²) in [4.78, 5) is 24.1. The number of aromatic nitrogens is 2. The molecule has 2 aliphatic heterocycles. The van der Waals surface area contributed by atoms with Gasteiger partial charge in [-0.25, -0.2) is 9.59 Å². The number of aliphatic carboxylic acids is 2. The summed E-state index contributed by atoms with van der Waals surface area (Å²) in [5.41, 5.74) is 2.06. The van der Waals surface area contributed by atoms with Gasteiger partial charge in [-0.05, 0) is 38.4 Å². The number of carbonyl (C=O) groups is 2. The van der Waals surface area contributed by atoms with Crippen LogP contribution in [0.5, 0.6) is 0 Å². The monoisotopic (exact) mass is 410 g/mol. The number of carboxylic acids is 2. The molecule has 8 heteroatoms. The summed E-state index contributed by atoms with van der Waals surface area (Å²) in [6.45, 7) is 2.16. The first kappa shape index (κ1) is 21.4. The SMILES string of the molecule is CN1C2CCC1CN(c1ccc(-c3ccccc3)nn1)CC2.O=C(O)/C=C/C(=O)O. The van der Waals surface area contributed by atoms with Gasteiger partial charge < -0.3 is 15.1 Å². The molecule has 158 valence electrons. The van der Waals surface area contributed by atoms with Crippen molar-refractivity contribution in [2.24, 2.45) is 0 Å². The highest BCUT2D eigenvalue weighted by Crippen LogP contribution is 2.30. The lowest BCUT2D eigenvalue weighted by molar-refractivity contribution is -0.134. The summed E-state index contributed by atoms with van der Waals surface area (Å²) >= 11 is 0. The quantitative estimate of drug-likeness (QED) is 0.741. The third kappa shape index (κ3) is 5.64. The highest BCUT2D eigenvalue weighted by Gasteiger charge is 2.34. The van der Waals surface area contributed by atoms with Crippen LogP contribution in [0.2, 0.25) is 0 Å². The van der Waals surface area contributed by atoms with Crippen LogP contribution < -0.4 is 4.90 Å². The van der Waals surface area contributed by atoms with E-state index in [1.54, 1.807) is 0 Å². The highest BCUT2D eigenvalue weighted by molar-refractivity contribution is 5.89. The van der Waals surface area contributed by atoms with E-state index in [9.17, 15) is 9.59 Å². The van der Waals surface area contributed by atoms with Gasteiger partial charge in [-0.2, -0.15) is 0 Å². The van der Waals surface area contributed by atoms with Gasteiger partial charge in [0.25, 0.3) is 0 Å². The lowest BCUT2D eigenvalue weighted by Gasteiger charge is -2.26. The first-order valence-corrected chi connectivity index (χ1v) is 9.94. The van der Waals surface area contributed by atoms with Crippen molar-refractivity contribution in [3.63, 3.8) is 0 Å². The van der Waals surface area contributed by atoms with E-state index >= 15 is 0 Å². The molecule has 4 rings (SSSR count). The van der Waals surface area contributed by atoms with Crippen molar-refractivity contribution in [1.82, 2.24) is 15.1 Å². The van der Waals surface area contributed by atoms with Gasteiger partial charge in [0.1, 0.15) is 0 Å². The summed E-state index contributed by atoms with van der Waals surface area (Å²) < 4.78 is 0. The van der Waals surface area contributed by atoms with Gasteiger partial charge in [0.15, 0.2) is 5.82 Å². The molecule has 2 fully saturated rings. The zero-order valence-electron chi connectivity index (χ0n) is 16.9. The van der Waals surface area contributed by atoms with Crippen LogP contribution in [0.4, 0.5) is 5.82 Å². The molecule has 8 nitrogen and oxygen atoms in total. The maximum absolute atomic E-state index is 9.55. The van der Waals surface area contributed by atoms with E-state index in [0.29, 0.717) is 18.2 Å². The molecule has 0 amide bonds. The largest absolute Gasteiger partial charge is 0.478 e. The molecule has 30 heavy (non-hydrogen) atoms. The average molecular weight is 410 g/mol. The summed E-state index contributed by atoms with van der Waals surface area (Å²) in [5.74, 6) is -1.50. The molecule has 2 aromatic rings. The van der Waals surface area contributed by atoms with E-state index in [4.69, 9.17) is 10.2 Å². The van der Waals surface area contributed by atoms with Crippen molar-refractivity contribution in [2.45, 2.75) is 31.3 Å². The molecule has 1 aromatic heterocycles. The lowest BCUT2D eigenvalue weighted by atomic mass is 10.1. The molecule has 2 N–H and O–H groups in total. The molecule has 2 atom stereocenters. The topological polar surface area (TPSA) is 107 Å². The molecular weight excluding hydrogens is 384 g/mol. The third-order valence-electron chi connectivity index (χ3n) is 5.56. The normalized spacial score (nSPS) is 21.0. The van der Waals surface area contributed by atoms with Crippen LogP contribution in [-0.2, 0) is 9.59 Å². The van der Waals surface area contributed by atoms with E-state index in [2.05, 4.69) is 51.3 Å². The van der Waals surface area contributed by atoms with Crippen molar-refractivity contribution in [1.29, 1.82) is 0 Å². The predicted octanol–water partition coefficient (Wildman–Crippen LogP) is 2.53. The fraction of sp³-hybridized carbons (Fsp3) is 0.364. The molecule has 0 radical (unpaired) electrons. The molecule has 3 heterocycles. The Labute approximate surface area is 175 Å². The Morgan fingerprint density at radius 1 is 0.933 bits per heavy atom. The van der Waals surface area contributed by atoms with Crippen LogP contribution in [0.1, 0.15) is 19.3 Å². The van der Waals surface area contributed by atoms with Gasteiger partial charge in [-0.15, -0.1) is 10.2 Å². The first-order valence-electron chi connectivity index (χ1n) is 9.94. The van der Waals surface area contributed by atoms with Crippen molar-refractivity contribution in [2.75, 3.05) is 25.0 Å².